The van der Waals surface area contributed by atoms with Gasteiger partial charge < -0.3 is 10.2 Å². The Morgan fingerprint density at radius 1 is 1.29 bits per heavy atom. The van der Waals surface area contributed by atoms with E-state index in [2.05, 4.69) is 5.32 Å². The Morgan fingerprint density at radius 3 is 2.64 bits per heavy atom. The van der Waals surface area contributed by atoms with Crippen LogP contribution in [0, 0.1) is 0 Å². The van der Waals surface area contributed by atoms with E-state index in [1.54, 1.807) is 0 Å². The maximum absolute atomic E-state index is 11.2. The number of nitrogens with zero attached hydrogens (tertiary/aromatic N) is 1. The Morgan fingerprint density at radius 2 is 2.00 bits per heavy atom. The summed E-state index contributed by atoms with van der Waals surface area (Å²) in [4.78, 5) is 24.2. The van der Waals surface area contributed by atoms with Gasteiger partial charge in [-0.1, -0.05) is 0 Å². The van der Waals surface area contributed by atoms with Gasteiger partial charge in [0.05, 0.1) is 5.70 Å². The van der Waals surface area contributed by atoms with Gasteiger partial charge >= 0.3 is 0 Å². The van der Waals surface area contributed by atoms with Crippen LogP contribution in [0.3, 0.4) is 0 Å². The molecule has 0 radical (unpaired) electrons. The number of nitrogens with one attached hydrogen (secondary N) is 1. The van der Waals surface area contributed by atoms with Crippen molar-refractivity contribution in [3.63, 3.8) is 0 Å². The number of rotatable bonds is 4. The summed E-state index contributed by atoms with van der Waals surface area (Å²) >= 11 is 0. The fourth-order valence-electron chi connectivity index (χ4n) is 1.06. The molecule has 1 aliphatic carbocycles. The molecule has 0 aromatic heterocycles. The lowest BCUT2D eigenvalue weighted by Gasteiger charge is -2.13. The molecule has 4 nitrogen and oxygen atoms in total. The lowest BCUT2D eigenvalue weighted by atomic mass is 10.1. The van der Waals surface area contributed by atoms with Crippen molar-refractivity contribution in [3.8, 4) is 0 Å². The van der Waals surface area contributed by atoms with Gasteiger partial charge in [-0.2, -0.15) is 0 Å². The van der Waals surface area contributed by atoms with E-state index in [-0.39, 0.29) is 11.6 Å². The third-order valence-corrected chi connectivity index (χ3v) is 1.83. The number of likely N-dealkylation sites (N-methyl/N-ethyl adjacent to an activating group) is 1. The molecule has 0 unspecified atom stereocenters. The summed E-state index contributed by atoms with van der Waals surface area (Å²) in [7, 11) is 3.90. The normalized spacial score (nSPS) is 16.1. The van der Waals surface area contributed by atoms with Crippen molar-refractivity contribution in [3.05, 3.63) is 23.9 Å². The minimum absolute atomic E-state index is 0.136. The van der Waals surface area contributed by atoms with E-state index in [1.807, 2.05) is 19.0 Å². The van der Waals surface area contributed by atoms with Crippen LogP contribution >= 0.6 is 0 Å². The second kappa shape index (κ2) is 4.72. The fourth-order valence-corrected chi connectivity index (χ4v) is 1.06. The van der Waals surface area contributed by atoms with E-state index in [0.29, 0.717) is 12.2 Å². The molecule has 1 N–H and O–H groups in total. The van der Waals surface area contributed by atoms with Gasteiger partial charge in [-0.3, -0.25) is 9.59 Å². The summed E-state index contributed by atoms with van der Waals surface area (Å²) in [5.41, 5.74) is 0.388. The predicted molar refractivity (Wildman–Crippen MR) is 53.8 cm³/mol. The van der Waals surface area contributed by atoms with Crippen LogP contribution in [0.2, 0.25) is 0 Å². The first-order chi connectivity index (χ1) is 6.59. The van der Waals surface area contributed by atoms with Crippen LogP contribution in [0.1, 0.15) is 0 Å². The van der Waals surface area contributed by atoms with E-state index < -0.39 is 0 Å². The van der Waals surface area contributed by atoms with Crippen molar-refractivity contribution < 1.29 is 9.59 Å². The maximum atomic E-state index is 11.2. The van der Waals surface area contributed by atoms with Gasteiger partial charge in [0, 0.05) is 19.2 Å². The van der Waals surface area contributed by atoms with Crippen LogP contribution in [0.15, 0.2) is 23.9 Å². The molecule has 0 aromatic carbocycles. The van der Waals surface area contributed by atoms with Crippen LogP contribution in [-0.4, -0.2) is 43.7 Å². The fraction of sp³-hybridized carbons (Fsp3) is 0.400. The molecule has 0 amide bonds. The molecule has 0 aliphatic heterocycles. The van der Waals surface area contributed by atoms with E-state index in [0.717, 1.165) is 6.54 Å². The van der Waals surface area contributed by atoms with E-state index in [9.17, 15) is 9.59 Å². The van der Waals surface area contributed by atoms with Crippen molar-refractivity contribution in [2.24, 2.45) is 0 Å². The molecule has 0 fully saturated rings. The topological polar surface area (TPSA) is 49.4 Å². The second-order valence-corrected chi connectivity index (χ2v) is 3.39. The Balaban J connectivity index is 2.44. The highest BCUT2D eigenvalue weighted by atomic mass is 16.1. The van der Waals surface area contributed by atoms with Crippen molar-refractivity contribution in [2.45, 2.75) is 0 Å². The number of carbonyl (C=O) groups is 2. The largest absolute Gasteiger partial charge is 0.380 e. The van der Waals surface area contributed by atoms with Gasteiger partial charge in [0.1, 0.15) is 0 Å². The number of hydrogen-bond acceptors (Lipinski definition) is 4. The molecule has 1 aliphatic rings. The summed E-state index contributed by atoms with van der Waals surface area (Å²) in [5.74, 6) is -0.277. The van der Waals surface area contributed by atoms with Crippen molar-refractivity contribution in [1.29, 1.82) is 0 Å². The SMILES string of the molecule is CN(C)CCNC1=CC(=O)C=CC1=O. The Kier molecular flexibility index (Phi) is 3.59. The predicted octanol–water partition coefficient (Wildman–Crippen LogP) is -0.270. The molecule has 0 saturated carbocycles. The van der Waals surface area contributed by atoms with Crippen LogP contribution in [0.25, 0.3) is 0 Å². The third-order valence-electron chi connectivity index (χ3n) is 1.83. The van der Waals surface area contributed by atoms with Crippen LogP contribution in [-0.2, 0) is 9.59 Å². The first kappa shape index (κ1) is 10.7. The molecule has 0 atom stereocenters. The Bertz CT molecular complexity index is 303. The molecule has 4 heteroatoms. The first-order valence-electron chi connectivity index (χ1n) is 4.46. The summed E-state index contributed by atoms with van der Waals surface area (Å²) in [6.45, 7) is 1.48. The zero-order valence-electron chi connectivity index (χ0n) is 8.41. The molecule has 0 bridgehead atoms. The molecular weight excluding hydrogens is 180 g/mol. The number of carbonyl (C=O) groups excluding carboxylic acids is 2. The maximum Gasteiger partial charge on any atom is 0.201 e. The van der Waals surface area contributed by atoms with Crippen LogP contribution < -0.4 is 5.32 Å². The average Bonchev–Trinajstić information content (AvgIpc) is 2.10. The molecular formula is C10H14N2O2. The monoisotopic (exact) mass is 194 g/mol. The minimum atomic E-state index is -0.142. The number of hydrogen-bond donors (Lipinski definition) is 1. The zero-order chi connectivity index (χ0) is 10.6. The highest BCUT2D eigenvalue weighted by Gasteiger charge is 2.11. The smallest absolute Gasteiger partial charge is 0.201 e. The summed E-state index contributed by atoms with van der Waals surface area (Å²) in [5, 5.41) is 2.93. The minimum Gasteiger partial charge on any atom is -0.380 e. The van der Waals surface area contributed by atoms with Crippen molar-refractivity contribution >= 4 is 11.6 Å². The summed E-state index contributed by atoms with van der Waals surface area (Å²) in [6.07, 6.45) is 3.90. The first-order valence-corrected chi connectivity index (χ1v) is 4.46. The number of allylic oxidation sites excluding steroid dienone is 3. The van der Waals surface area contributed by atoms with Crippen LogP contribution in [0.5, 0.6) is 0 Å². The molecule has 14 heavy (non-hydrogen) atoms. The van der Waals surface area contributed by atoms with Gasteiger partial charge in [-0.15, -0.1) is 0 Å². The van der Waals surface area contributed by atoms with Gasteiger partial charge in [0.2, 0.25) is 5.78 Å². The lowest BCUT2D eigenvalue weighted by molar-refractivity contribution is -0.114. The van der Waals surface area contributed by atoms with Gasteiger partial charge in [0.25, 0.3) is 0 Å². The quantitative estimate of drug-likeness (QED) is 0.626. The lowest BCUT2D eigenvalue weighted by Crippen LogP contribution is -2.29. The van der Waals surface area contributed by atoms with Gasteiger partial charge in [0.15, 0.2) is 5.78 Å². The van der Waals surface area contributed by atoms with Crippen molar-refractivity contribution in [2.75, 3.05) is 27.2 Å². The zero-order valence-corrected chi connectivity index (χ0v) is 8.41. The Labute approximate surface area is 83.3 Å². The average molecular weight is 194 g/mol. The molecule has 0 saturated heterocycles. The third kappa shape index (κ3) is 3.14. The van der Waals surface area contributed by atoms with E-state index >= 15 is 0 Å². The molecule has 0 heterocycles. The highest BCUT2D eigenvalue weighted by molar-refractivity contribution is 6.16. The molecule has 0 spiro atoms. The molecule has 0 aromatic rings. The second-order valence-electron chi connectivity index (χ2n) is 3.39. The molecule has 76 valence electrons. The van der Waals surface area contributed by atoms with Gasteiger partial charge in [-0.25, -0.2) is 0 Å². The summed E-state index contributed by atoms with van der Waals surface area (Å²) < 4.78 is 0. The van der Waals surface area contributed by atoms with Crippen molar-refractivity contribution in [1.82, 2.24) is 10.2 Å². The van der Waals surface area contributed by atoms with E-state index in [1.165, 1.54) is 18.2 Å². The molecule has 1 rings (SSSR count). The van der Waals surface area contributed by atoms with E-state index in [4.69, 9.17) is 0 Å². The Hall–Kier alpha value is -1.42. The highest BCUT2D eigenvalue weighted by Crippen LogP contribution is 2.01. The number of ketones is 2. The van der Waals surface area contributed by atoms with Gasteiger partial charge in [-0.05, 0) is 26.2 Å². The van der Waals surface area contributed by atoms with Crippen LogP contribution in [0.4, 0.5) is 0 Å². The summed E-state index contributed by atoms with van der Waals surface area (Å²) in [6, 6.07) is 0. The standard InChI is InChI=1S/C10H14N2O2/c1-12(2)6-5-11-9-7-8(13)3-4-10(9)14/h3-4,7,11H,5-6H2,1-2H3.